The van der Waals surface area contributed by atoms with Crippen LogP contribution in [0.1, 0.15) is 47.5 Å². The number of hydrogen-bond donors (Lipinski definition) is 1. The molecule has 0 aromatic carbocycles. The van der Waals surface area contributed by atoms with Gasteiger partial charge in [-0.25, -0.2) is 0 Å². The van der Waals surface area contributed by atoms with Gasteiger partial charge in [-0.15, -0.1) is 0 Å². The topological polar surface area (TPSA) is 39.7 Å². The van der Waals surface area contributed by atoms with Gasteiger partial charge in [-0.3, -0.25) is 0 Å². The largest absolute Gasteiger partial charge is 0.378 e. The lowest BCUT2D eigenvalue weighted by Gasteiger charge is -2.52. The van der Waals surface area contributed by atoms with Gasteiger partial charge in [-0.2, -0.15) is 0 Å². The normalized spacial score (nSPS) is 25.6. The standard InChI is InChI=1S/C15H31NO3/c1-6-17-13-11-12(15(13,4)5)16-10-9-14(18-7-2)19-8-3/h12-14,16H,6-11H2,1-5H3. The Morgan fingerprint density at radius 2 is 1.74 bits per heavy atom. The van der Waals surface area contributed by atoms with Crippen molar-refractivity contribution in [3.05, 3.63) is 0 Å². The number of nitrogens with one attached hydrogen (secondary N) is 1. The summed E-state index contributed by atoms with van der Waals surface area (Å²) in [7, 11) is 0. The first-order valence-corrected chi connectivity index (χ1v) is 7.64. The second-order valence-electron chi connectivity index (χ2n) is 5.64. The van der Waals surface area contributed by atoms with E-state index in [9.17, 15) is 0 Å². The molecule has 0 amide bonds. The molecule has 4 nitrogen and oxygen atoms in total. The molecule has 0 heterocycles. The molecular formula is C15H31NO3. The van der Waals surface area contributed by atoms with E-state index in [2.05, 4.69) is 26.1 Å². The van der Waals surface area contributed by atoms with Crippen molar-refractivity contribution in [2.45, 2.75) is 65.9 Å². The molecule has 4 heteroatoms. The van der Waals surface area contributed by atoms with Crippen molar-refractivity contribution in [2.24, 2.45) is 5.41 Å². The van der Waals surface area contributed by atoms with Crippen molar-refractivity contribution >= 4 is 0 Å². The van der Waals surface area contributed by atoms with Gasteiger partial charge in [0.05, 0.1) is 6.10 Å². The highest BCUT2D eigenvalue weighted by atomic mass is 16.7. The maximum atomic E-state index is 5.74. The van der Waals surface area contributed by atoms with Gasteiger partial charge in [0.2, 0.25) is 0 Å². The average molecular weight is 273 g/mol. The maximum absolute atomic E-state index is 5.74. The van der Waals surface area contributed by atoms with E-state index < -0.39 is 0 Å². The summed E-state index contributed by atoms with van der Waals surface area (Å²) in [5.41, 5.74) is 0.225. The summed E-state index contributed by atoms with van der Waals surface area (Å²) in [6.07, 6.45) is 2.32. The Labute approximate surface area is 118 Å². The third-order valence-corrected chi connectivity index (χ3v) is 4.02. The molecular weight excluding hydrogens is 242 g/mol. The summed E-state index contributed by atoms with van der Waals surface area (Å²) in [4.78, 5) is 0. The van der Waals surface area contributed by atoms with Crippen molar-refractivity contribution in [3.63, 3.8) is 0 Å². The lowest BCUT2D eigenvalue weighted by Crippen LogP contribution is -2.61. The van der Waals surface area contributed by atoms with E-state index in [0.29, 0.717) is 25.4 Å². The van der Waals surface area contributed by atoms with Crippen LogP contribution >= 0.6 is 0 Å². The van der Waals surface area contributed by atoms with Crippen molar-refractivity contribution in [1.29, 1.82) is 0 Å². The van der Waals surface area contributed by atoms with Gasteiger partial charge in [0, 0.05) is 44.2 Å². The zero-order chi connectivity index (χ0) is 14.3. The zero-order valence-corrected chi connectivity index (χ0v) is 13.2. The third kappa shape index (κ3) is 4.71. The first-order valence-electron chi connectivity index (χ1n) is 7.64. The van der Waals surface area contributed by atoms with E-state index in [1.54, 1.807) is 0 Å². The Morgan fingerprint density at radius 3 is 2.21 bits per heavy atom. The van der Waals surface area contributed by atoms with Crippen LogP contribution in [0, 0.1) is 5.41 Å². The Kier molecular flexibility index (Phi) is 7.29. The first-order chi connectivity index (χ1) is 9.06. The minimum atomic E-state index is -0.0756. The van der Waals surface area contributed by atoms with Crippen molar-refractivity contribution in [3.8, 4) is 0 Å². The van der Waals surface area contributed by atoms with Gasteiger partial charge < -0.3 is 19.5 Å². The minimum Gasteiger partial charge on any atom is -0.378 e. The molecule has 1 rings (SSSR count). The fourth-order valence-electron chi connectivity index (χ4n) is 2.68. The molecule has 2 atom stereocenters. The van der Waals surface area contributed by atoms with Crippen LogP contribution in [0.4, 0.5) is 0 Å². The Balaban J connectivity index is 2.22. The molecule has 0 aromatic heterocycles. The lowest BCUT2D eigenvalue weighted by molar-refractivity contribution is -0.142. The van der Waals surface area contributed by atoms with Crippen molar-refractivity contribution in [1.82, 2.24) is 5.32 Å². The Hall–Kier alpha value is -0.160. The molecule has 19 heavy (non-hydrogen) atoms. The van der Waals surface area contributed by atoms with Crippen LogP contribution in [0.5, 0.6) is 0 Å². The fourth-order valence-corrected chi connectivity index (χ4v) is 2.68. The predicted molar refractivity (Wildman–Crippen MR) is 77.3 cm³/mol. The van der Waals surface area contributed by atoms with Crippen LogP contribution in [-0.2, 0) is 14.2 Å². The van der Waals surface area contributed by atoms with Gasteiger partial charge in [0.25, 0.3) is 0 Å². The number of ether oxygens (including phenoxy) is 3. The molecule has 1 aliphatic carbocycles. The van der Waals surface area contributed by atoms with Gasteiger partial charge in [0.1, 0.15) is 0 Å². The third-order valence-electron chi connectivity index (χ3n) is 4.02. The number of rotatable bonds is 10. The molecule has 0 aromatic rings. The van der Waals surface area contributed by atoms with E-state index in [0.717, 1.165) is 26.0 Å². The highest BCUT2D eigenvalue weighted by Crippen LogP contribution is 2.42. The van der Waals surface area contributed by atoms with Gasteiger partial charge in [0.15, 0.2) is 6.29 Å². The SMILES string of the molecule is CCOC(CCNC1CC(OCC)C1(C)C)OCC. The Morgan fingerprint density at radius 1 is 1.11 bits per heavy atom. The van der Waals surface area contributed by atoms with E-state index in [4.69, 9.17) is 14.2 Å². The Bertz CT molecular complexity index is 240. The van der Waals surface area contributed by atoms with Crippen molar-refractivity contribution in [2.75, 3.05) is 26.4 Å². The summed E-state index contributed by atoms with van der Waals surface area (Å²) in [5, 5.41) is 3.61. The predicted octanol–water partition coefficient (Wildman–Crippen LogP) is 2.57. The van der Waals surface area contributed by atoms with E-state index in [-0.39, 0.29) is 11.7 Å². The zero-order valence-electron chi connectivity index (χ0n) is 13.2. The monoisotopic (exact) mass is 273 g/mol. The highest BCUT2D eigenvalue weighted by Gasteiger charge is 2.48. The fraction of sp³-hybridized carbons (Fsp3) is 1.00. The van der Waals surface area contributed by atoms with Crippen molar-refractivity contribution < 1.29 is 14.2 Å². The summed E-state index contributed by atoms with van der Waals surface area (Å²) in [6, 6.07) is 0.535. The molecule has 2 unspecified atom stereocenters. The van der Waals surface area contributed by atoms with Crippen LogP contribution in [0.25, 0.3) is 0 Å². The molecule has 0 aliphatic heterocycles. The molecule has 0 radical (unpaired) electrons. The summed E-state index contributed by atoms with van der Waals surface area (Å²) < 4.78 is 16.8. The summed E-state index contributed by atoms with van der Waals surface area (Å²) in [6.45, 7) is 13.7. The molecule has 114 valence electrons. The van der Waals surface area contributed by atoms with Crippen LogP contribution in [0.15, 0.2) is 0 Å². The molecule has 1 fully saturated rings. The molecule has 0 bridgehead atoms. The lowest BCUT2D eigenvalue weighted by atomic mass is 9.64. The highest BCUT2D eigenvalue weighted by molar-refractivity contribution is 5.02. The number of hydrogen-bond acceptors (Lipinski definition) is 4. The van der Waals surface area contributed by atoms with Crippen LogP contribution < -0.4 is 5.32 Å². The molecule has 0 saturated heterocycles. The van der Waals surface area contributed by atoms with Crippen LogP contribution in [0.3, 0.4) is 0 Å². The van der Waals surface area contributed by atoms with Crippen LogP contribution in [0.2, 0.25) is 0 Å². The maximum Gasteiger partial charge on any atom is 0.158 e. The van der Waals surface area contributed by atoms with Gasteiger partial charge >= 0.3 is 0 Å². The second kappa shape index (κ2) is 8.20. The smallest absolute Gasteiger partial charge is 0.158 e. The quantitative estimate of drug-likeness (QED) is 0.621. The average Bonchev–Trinajstić information content (AvgIpc) is 2.37. The molecule has 0 spiro atoms. The van der Waals surface area contributed by atoms with E-state index in [1.165, 1.54) is 0 Å². The first kappa shape index (κ1) is 16.9. The molecule has 1 aliphatic rings. The van der Waals surface area contributed by atoms with Crippen LogP contribution in [-0.4, -0.2) is 44.8 Å². The minimum absolute atomic E-state index is 0.0756. The van der Waals surface area contributed by atoms with E-state index >= 15 is 0 Å². The van der Waals surface area contributed by atoms with Gasteiger partial charge in [-0.05, 0) is 27.2 Å². The summed E-state index contributed by atoms with van der Waals surface area (Å²) in [5.74, 6) is 0. The molecule has 1 N–H and O–H groups in total. The summed E-state index contributed by atoms with van der Waals surface area (Å²) >= 11 is 0. The molecule has 1 saturated carbocycles. The van der Waals surface area contributed by atoms with Gasteiger partial charge in [-0.1, -0.05) is 13.8 Å². The van der Waals surface area contributed by atoms with E-state index in [1.807, 2.05) is 13.8 Å². The second-order valence-corrected chi connectivity index (χ2v) is 5.64.